The molecule has 0 atom stereocenters. The van der Waals surface area contributed by atoms with Crippen LogP contribution in [0.4, 0.5) is 0 Å². The maximum atomic E-state index is 5.74. The van der Waals surface area contributed by atoms with Gasteiger partial charge in [-0.05, 0) is 12.1 Å². The molecule has 76 valence electrons. The highest BCUT2D eigenvalue weighted by atomic mass is 16.3. The average Bonchev–Trinajstić information content (AvgIpc) is 2.88. The molecule has 0 aliphatic rings. The molecule has 0 radical (unpaired) electrons. The monoisotopic (exact) mass is 209 g/mol. The molecule has 0 aliphatic carbocycles. The minimum atomic E-state index is 0.756. The number of benzene rings is 2. The SMILES string of the molecule is c1ccc2c(c1)oc1cc3ocnc3cc12. The van der Waals surface area contributed by atoms with Crippen molar-refractivity contribution in [3.05, 3.63) is 42.8 Å². The first-order valence-corrected chi connectivity index (χ1v) is 5.06. The van der Waals surface area contributed by atoms with E-state index >= 15 is 0 Å². The summed E-state index contributed by atoms with van der Waals surface area (Å²) in [5.41, 5.74) is 3.35. The lowest BCUT2D eigenvalue weighted by Crippen LogP contribution is -1.68. The molecule has 3 nitrogen and oxygen atoms in total. The highest BCUT2D eigenvalue weighted by molar-refractivity contribution is 6.08. The van der Waals surface area contributed by atoms with E-state index in [4.69, 9.17) is 8.83 Å². The van der Waals surface area contributed by atoms with Crippen molar-refractivity contribution in [1.82, 2.24) is 4.98 Å². The van der Waals surface area contributed by atoms with Crippen LogP contribution in [0.3, 0.4) is 0 Å². The van der Waals surface area contributed by atoms with E-state index in [0.29, 0.717) is 0 Å². The summed E-state index contributed by atoms with van der Waals surface area (Å²) in [4.78, 5) is 4.15. The van der Waals surface area contributed by atoms with Crippen LogP contribution in [0.15, 0.2) is 51.6 Å². The quantitative estimate of drug-likeness (QED) is 0.443. The smallest absolute Gasteiger partial charge is 0.181 e. The van der Waals surface area contributed by atoms with Crippen molar-refractivity contribution in [2.24, 2.45) is 0 Å². The second-order valence-corrected chi connectivity index (χ2v) is 3.77. The van der Waals surface area contributed by atoms with Crippen LogP contribution in [0, 0.1) is 0 Å². The molecule has 0 bridgehead atoms. The third-order valence-corrected chi connectivity index (χ3v) is 2.83. The predicted molar refractivity (Wildman–Crippen MR) is 61.3 cm³/mol. The third-order valence-electron chi connectivity index (χ3n) is 2.83. The predicted octanol–water partition coefficient (Wildman–Crippen LogP) is 3.73. The van der Waals surface area contributed by atoms with Crippen LogP contribution in [0.1, 0.15) is 0 Å². The van der Waals surface area contributed by atoms with E-state index in [1.165, 1.54) is 6.39 Å². The number of nitrogens with zero attached hydrogens (tertiary/aromatic N) is 1. The highest BCUT2D eigenvalue weighted by Gasteiger charge is 2.09. The first-order valence-electron chi connectivity index (χ1n) is 5.06. The summed E-state index contributed by atoms with van der Waals surface area (Å²) in [6.45, 7) is 0. The first kappa shape index (κ1) is 7.93. The molecule has 0 amide bonds. The molecule has 0 saturated carbocycles. The van der Waals surface area contributed by atoms with Crippen LogP contribution in [-0.2, 0) is 0 Å². The summed E-state index contributed by atoms with van der Waals surface area (Å²) in [7, 11) is 0. The van der Waals surface area contributed by atoms with Crippen LogP contribution >= 0.6 is 0 Å². The van der Waals surface area contributed by atoms with Crippen molar-refractivity contribution in [1.29, 1.82) is 0 Å². The Bertz CT molecular complexity index is 810. The summed E-state index contributed by atoms with van der Waals surface area (Å²) >= 11 is 0. The molecule has 0 aliphatic heterocycles. The topological polar surface area (TPSA) is 39.2 Å². The van der Waals surface area contributed by atoms with Crippen molar-refractivity contribution < 1.29 is 8.83 Å². The van der Waals surface area contributed by atoms with Gasteiger partial charge in [-0.15, -0.1) is 0 Å². The number of para-hydroxylation sites is 1. The zero-order valence-electron chi connectivity index (χ0n) is 8.31. The van der Waals surface area contributed by atoms with Gasteiger partial charge in [0.25, 0.3) is 0 Å². The van der Waals surface area contributed by atoms with Crippen LogP contribution in [-0.4, -0.2) is 4.98 Å². The van der Waals surface area contributed by atoms with E-state index in [9.17, 15) is 0 Å². The van der Waals surface area contributed by atoms with Gasteiger partial charge >= 0.3 is 0 Å². The summed E-state index contributed by atoms with van der Waals surface area (Å²) < 4.78 is 11.0. The largest absolute Gasteiger partial charge is 0.456 e. The number of furan rings is 1. The average molecular weight is 209 g/mol. The van der Waals surface area contributed by atoms with Crippen molar-refractivity contribution in [2.45, 2.75) is 0 Å². The number of hydrogen-bond acceptors (Lipinski definition) is 3. The minimum Gasteiger partial charge on any atom is -0.456 e. The van der Waals surface area contributed by atoms with Crippen molar-refractivity contribution in [3.63, 3.8) is 0 Å². The maximum Gasteiger partial charge on any atom is 0.181 e. The van der Waals surface area contributed by atoms with E-state index in [0.717, 1.165) is 33.0 Å². The summed E-state index contributed by atoms with van der Waals surface area (Å²) in [5.74, 6) is 0. The number of rotatable bonds is 0. The molecule has 2 aromatic heterocycles. The first-order chi connectivity index (χ1) is 7.92. The Morgan fingerprint density at radius 1 is 0.875 bits per heavy atom. The summed E-state index contributed by atoms with van der Waals surface area (Å²) in [5, 5.41) is 2.19. The Balaban J connectivity index is 2.32. The molecule has 16 heavy (non-hydrogen) atoms. The standard InChI is InChI=1S/C13H7NO2/c1-2-4-11-8(3-1)9-5-10-13(15-7-14-10)6-12(9)16-11/h1-7H. The Morgan fingerprint density at radius 2 is 1.81 bits per heavy atom. The molecule has 4 aromatic rings. The van der Waals surface area contributed by atoms with E-state index in [2.05, 4.69) is 4.98 Å². The van der Waals surface area contributed by atoms with Gasteiger partial charge in [-0.2, -0.15) is 0 Å². The lowest BCUT2D eigenvalue weighted by Gasteiger charge is -1.88. The fraction of sp³-hybridized carbons (Fsp3) is 0. The summed E-state index contributed by atoms with van der Waals surface area (Å²) in [6, 6.07) is 11.9. The molecule has 0 spiro atoms. The van der Waals surface area contributed by atoms with Gasteiger partial charge < -0.3 is 8.83 Å². The van der Waals surface area contributed by atoms with Crippen molar-refractivity contribution in [3.8, 4) is 0 Å². The summed E-state index contributed by atoms with van der Waals surface area (Å²) in [6.07, 6.45) is 1.45. The van der Waals surface area contributed by atoms with E-state index < -0.39 is 0 Å². The molecule has 4 rings (SSSR count). The zero-order chi connectivity index (χ0) is 10.5. The highest BCUT2D eigenvalue weighted by Crippen LogP contribution is 2.31. The van der Waals surface area contributed by atoms with Gasteiger partial charge in [0, 0.05) is 16.8 Å². The zero-order valence-corrected chi connectivity index (χ0v) is 8.31. The van der Waals surface area contributed by atoms with E-state index in [1.54, 1.807) is 0 Å². The second kappa shape index (κ2) is 2.64. The fourth-order valence-corrected chi connectivity index (χ4v) is 2.08. The molecule has 2 heterocycles. The second-order valence-electron chi connectivity index (χ2n) is 3.77. The molecule has 3 heteroatoms. The molecule has 2 aromatic carbocycles. The number of aromatic nitrogens is 1. The van der Waals surface area contributed by atoms with E-state index in [1.807, 2.05) is 36.4 Å². The fourth-order valence-electron chi connectivity index (χ4n) is 2.08. The minimum absolute atomic E-state index is 0.756. The Hall–Kier alpha value is -2.29. The molecule has 0 fully saturated rings. The molecule has 0 saturated heterocycles. The lowest BCUT2D eigenvalue weighted by molar-refractivity contribution is 0.600. The number of hydrogen-bond donors (Lipinski definition) is 0. The van der Waals surface area contributed by atoms with Gasteiger partial charge in [0.15, 0.2) is 12.0 Å². The van der Waals surface area contributed by atoms with Gasteiger partial charge in [-0.25, -0.2) is 4.98 Å². The Labute approximate surface area is 90.3 Å². The van der Waals surface area contributed by atoms with Crippen LogP contribution in [0.25, 0.3) is 33.0 Å². The van der Waals surface area contributed by atoms with Crippen LogP contribution in [0.5, 0.6) is 0 Å². The normalized spacial score (nSPS) is 11.8. The molecular weight excluding hydrogens is 202 g/mol. The molecular formula is C13H7NO2. The number of oxazole rings is 1. The van der Waals surface area contributed by atoms with Crippen LogP contribution < -0.4 is 0 Å². The van der Waals surface area contributed by atoms with Gasteiger partial charge in [0.05, 0.1) is 0 Å². The number of fused-ring (bicyclic) bond motifs is 4. The Morgan fingerprint density at radius 3 is 2.81 bits per heavy atom. The maximum absolute atomic E-state index is 5.74. The molecule has 0 N–H and O–H groups in total. The lowest BCUT2D eigenvalue weighted by atomic mass is 10.1. The van der Waals surface area contributed by atoms with Crippen molar-refractivity contribution in [2.75, 3.05) is 0 Å². The van der Waals surface area contributed by atoms with Gasteiger partial charge in [0.2, 0.25) is 0 Å². The van der Waals surface area contributed by atoms with Crippen molar-refractivity contribution >= 4 is 33.0 Å². The van der Waals surface area contributed by atoms with Gasteiger partial charge in [-0.3, -0.25) is 0 Å². The third kappa shape index (κ3) is 0.896. The van der Waals surface area contributed by atoms with Gasteiger partial charge in [0.1, 0.15) is 16.7 Å². The Kier molecular flexibility index (Phi) is 1.31. The molecule has 0 unspecified atom stereocenters. The van der Waals surface area contributed by atoms with E-state index in [-0.39, 0.29) is 0 Å². The van der Waals surface area contributed by atoms with Gasteiger partial charge in [-0.1, -0.05) is 18.2 Å². The van der Waals surface area contributed by atoms with Crippen LogP contribution in [0.2, 0.25) is 0 Å².